The molecule has 0 aliphatic rings. The summed E-state index contributed by atoms with van der Waals surface area (Å²) in [7, 11) is 0. The third-order valence-corrected chi connectivity index (χ3v) is 4.65. The number of halogens is 1. The predicted molar refractivity (Wildman–Crippen MR) is 107 cm³/mol. The summed E-state index contributed by atoms with van der Waals surface area (Å²) in [5.41, 5.74) is 5.55. The van der Waals surface area contributed by atoms with Gasteiger partial charge in [-0.25, -0.2) is 9.78 Å². The number of benzene rings is 2. The van der Waals surface area contributed by atoms with Crippen LogP contribution in [0.3, 0.4) is 0 Å². The zero-order chi connectivity index (χ0) is 18.5. The number of ether oxygens (including phenoxy) is 1. The van der Waals surface area contributed by atoms with Crippen LogP contribution in [0.15, 0.2) is 65.1 Å². The Labute approximate surface area is 162 Å². The van der Waals surface area contributed by atoms with Gasteiger partial charge in [0.05, 0.1) is 12.3 Å². The molecular weight excluding hydrogens is 390 g/mol. The third-order valence-electron chi connectivity index (χ3n) is 4.12. The normalized spacial score (nSPS) is 10.6. The SMILES string of the molecule is CCOC(=O)c1cc(C)c(-c2ccccc2)c(Cc2ccc(Br)cc2)n1. The second-order valence-corrected chi connectivity index (χ2v) is 6.95. The molecule has 0 radical (unpaired) electrons. The summed E-state index contributed by atoms with van der Waals surface area (Å²) in [6.45, 7) is 4.14. The van der Waals surface area contributed by atoms with Crippen molar-refractivity contribution in [3.63, 3.8) is 0 Å². The molecule has 3 nitrogen and oxygen atoms in total. The van der Waals surface area contributed by atoms with E-state index < -0.39 is 0 Å². The molecule has 3 rings (SSSR count). The van der Waals surface area contributed by atoms with Crippen LogP contribution < -0.4 is 0 Å². The van der Waals surface area contributed by atoms with Crippen LogP contribution in [0.25, 0.3) is 11.1 Å². The Balaban J connectivity index is 2.10. The summed E-state index contributed by atoms with van der Waals surface area (Å²) in [4.78, 5) is 16.9. The van der Waals surface area contributed by atoms with Gasteiger partial charge in [-0.3, -0.25) is 0 Å². The Bertz CT molecular complexity index is 905. The number of aryl methyl sites for hydroxylation is 1. The van der Waals surface area contributed by atoms with Gasteiger partial charge in [0.2, 0.25) is 0 Å². The van der Waals surface area contributed by atoms with E-state index in [2.05, 4.69) is 45.2 Å². The van der Waals surface area contributed by atoms with Gasteiger partial charge in [0.1, 0.15) is 5.69 Å². The molecule has 26 heavy (non-hydrogen) atoms. The van der Waals surface area contributed by atoms with E-state index >= 15 is 0 Å². The first-order chi connectivity index (χ1) is 12.6. The lowest BCUT2D eigenvalue weighted by Crippen LogP contribution is -2.11. The number of carbonyl (C=O) groups is 1. The minimum atomic E-state index is -0.382. The molecule has 0 fully saturated rings. The van der Waals surface area contributed by atoms with Crippen molar-refractivity contribution in [2.45, 2.75) is 20.3 Å². The highest BCUT2D eigenvalue weighted by atomic mass is 79.9. The molecular formula is C22H20BrNO2. The average Bonchev–Trinajstić information content (AvgIpc) is 2.64. The van der Waals surface area contributed by atoms with Crippen molar-refractivity contribution in [1.29, 1.82) is 0 Å². The Kier molecular flexibility index (Phi) is 5.84. The number of aromatic nitrogens is 1. The number of rotatable bonds is 5. The van der Waals surface area contributed by atoms with Gasteiger partial charge in [-0.15, -0.1) is 0 Å². The summed E-state index contributed by atoms with van der Waals surface area (Å²) >= 11 is 3.46. The first-order valence-corrected chi connectivity index (χ1v) is 9.35. The highest BCUT2D eigenvalue weighted by Gasteiger charge is 2.17. The molecule has 0 aliphatic heterocycles. The number of esters is 1. The van der Waals surface area contributed by atoms with Crippen LogP contribution in [-0.2, 0) is 11.2 Å². The fourth-order valence-corrected chi connectivity index (χ4v) is 3.23. The molecule has 0 aliphatic carbocycles. The van der Waals surface area contributed by atoms with Crippen molar-refractivity contribution in [1.82, 2.24) is 4.98 Å². The summed E-state index contributed by atoms with van der Waals surface area (Å²) in [5, 5.41) is 0. The van der Waals surface area contributed by atoms with E-state index in [9.17, 15) is 4.79 Å². The van der Waals surface area contributed by atoms with Crippen LogP contribution in [0, 0.1) is 6.92 Å². The van der Waals surface area contributed by atoms with Gasteiger partial charge in [0.15, 0.2) is 0 Å². The number of pyridine rings is 1. The van der Waals surface area contributed by atoms with E-state index in [1.165, 1.54) is 0 Å². The molecule has 0 bridgehead atoms. The fraction of sp³-hybridized carbons (Fsp3) is 0.182. The number of carbonyl (C=O) groups excluding carboxylic acids is 1. The van der Waals surface area contributed by atoms with Gasteiger partial charge >= 0.3 is 5.97 Å². The topological polar surface area (TPSA) is 39.2 Å². The minimum absolute atomic E-state index is 0.335. The number of hydrogen-bond acceptors (Lipinski definition) is 3. The first-order valence-electron chi connectivity index (χ1n) is 8.56. The van der Waals surface area contributed by atoms with E-state index in [0.717, 1.165) is 32.4 Å². The standard InChI is InChI=1S/C22H20BrNO2/c1-3-26-22(25)20-13-15(2)21(17-7-5-4-6-8-17)19(24-20)14-16-9-11-18(23)12-10-16/h4-13H,3,14H2,1-2H3. The molecule has 4 heteroatoms. The summed E-state index contributed by atoms with van der Waals surface area (Å²) < 4.78 is 6.18. The van der Waals surface area contributed by atoms with Crippen molar-refractivity contribution in [2.75, 3.05) is 6.61 Å². The third kappa shape index (κ3) is 4.20. The Morgan fingerprint density at radius 2 is 1.77 bits per heavy atom. The van der Waals surface area contributed by atoms with E-state index in [1.807, 2.05) is 43.3 Å². The highest BCUT2D eigenvalue weighted by Crippen LogP contribution is 2.29. The van der Waals surface area contributed by atoms with Crippen LogP contribution >= 0.6 is 15.9 Å². The molecule has 0 N–H and O–H groups in total. The van der Waals surface area contributed by atoms with Crippen LogP contribution in [0.1, 0.15) is 34.2 Å². The second-order valence-electron chi connectivity index (χ2n) is 6.04. The van der Waals surface area contributed by atoms with Gasteiger partial charge in [0.25, 0.3) is 0 Å². The molecule has 3 aromatic rings. The quantitative estimate of drug-likeness (QED) is 0.515. The monoisotopic (exact) mass is 409 g/mol. The van der Waals surface area contributed by atoms with Gasteiger partial charge in [-0.1, -0.05) is 58.4 Å². The average molecular weight is 410 g/mol. The molecule has 0 saturated carbocycles. The highest BCUT2D eigenvalue weighted by molar-refractivity contribution is 9.10. The van der Waals surface area contributed by atoms with E-state index in [-0.39, 0.29) is 5.97 Å². The number of hydrogen-bond donors (Lipinski definition) is 0. The van der Waals surface area contributed by atoms with Crippen molar-refractivity contribution < 1.29 is 9.53 Å². The molecule has 0 amide bonds. The van der Waals surface area contributed by atoms with E-state index in [0.29, 0.717) is 18.7 Å². The van der Waals surface area contributed by atoms with Crippen molar-refractivity contribution in [2.24, 2.45) is 0 Å². The fourth-order valence-electron chi connectivity index (χ4n) is 2.97. The molecule has 132 valence electrons. The molecule has 2 aromatic carbocycles. The maximum Gasteiger partial charge on any atom is 0.356 e. The molecule has 1 heterocycles. The molecule has 1 aromatic heterocycles. The first kappa shape index (κ1) is 18.3. The molecule has 0 unspecified atom stereocenters. The summed E-state index contributed by atoms with van der Waals surface area (Å²) in [6.07, 6.45) is 0.644. The predicted octanol–water partition coefficient (Wildman–Crippen LogP) is 5.59. The van der Waals surface area contributed by atoms with E-state index in [1.54, 1.807) is 6.92 Å². The molecule has 0 atom stereocenters. The minimum Gasteiger partial charge on any atom is -0.461 e. The smallest absolute Gasteiger partial charge is 0.356 e. The summed E-state index contributed by atoms with van der Waals surface area (Å²) in [6, 6.07) is 20.1. The molecule has 0 saturated heterocycles. The Morgan fingerprint density at radius 3 is 2.42 bits per heavy atom. The lowest BCUT2D eigenvalue weighted by Gasteiger charge is -2.14. The largest absolute Gasteiger partial charge is 0.461 e. The lowest BCUT2D eigenvalue weighted by molar-refractivity contribution is 0.0519. The van der Waals surface area contributed by atoms with Gasteiger partial charge in [0, 0.05) is 16.5 Å². The number of nitrogens with zero attached hydrogens (tertiary/aromatic N) is 1. The van der Waals surface area contributed by atoms with Crippen molar-refractivity contribution >= 4 is 21.9 Å². The Morgan fingerprint density at radius 1 is 1.08 bits per heavy atom. The van der Waals surface area contributed by atoms with Crippen LogP contribution in [0.2, 0.25) is 0 Å². The van der Waals surface area contributed by atoms with E-state index in [4.69, 9.17) is 4.74 Å². The van der Waals surface area contributed by atoms with Crippen LogP contribution in [0.4, 0.5) is 0 Å². The van der Waals surface area contributed by atoms with Crippen LogP contribution in [-0.4, -0.2) is 17.6 Å². The zero-order valence-corrected chi connectivity index (χ0v) is 16.4. The van der Waals surface area contributed by atoms with Gasteiger partial charge in [-0.2, -0.15) is 0 Å². The van der Waals surface area contributed by atoms with Gasteiger partial charge < -0.3 is 4.74 Å². The summed E-state index contributed by atoms with van der Waals surface area (Å²) in [5.74, 6) is -0.382. The molecule has 0 spiro atoms. The van der Waals surface area contributed by atoms with Crippen LogP contribution in [0.5, 0.6) is 0 Å². The maximum atomic E-state index is 12.2. The second kappa shape index (κ2) is 8.28. The Hall–Kier alpha value is -2.46. The van der Waals surface area contributed by atoms with Crippen molar-refractivity contribution in [3.8, 4) is 11.1 Å². The maximum absolute atomic E-state index is 12.2. The lowest BCUT2D eigenvalue weighted by atomic mass is 9.95. The van der Waals surface area contributed by atoms with Crippen molar-refractivity contribution in [3.05, 3.63) is 87.7 Å². The zero-order valence-electron chi connectivity index (χ0n) is 14.8. The van der Waals surface area contributed by atoms with Gasteiger partial charge in [-0.05, 0) is 48.7 Å².